The molecule has 2 N–H and O–H groups in total. The molecule has 0 aromatic carbocycles. The lowest BCUT2D eigenvalue weighted by Crippen LogP contribution is -2.46. The lowest BCUT2D eigenvalue weighted by molar-refractivity contribution is -0.150. The van der Waals surface area contributed by atoms with Gasteiger partial charge in [0.1, 0.15) is 0 Å². The number of rotatable bonds is 5. The molecule has 4 nitrogen and oxygen atoms in total. The van der Waals surface area contributed by atoms with E-state index >= 15 is 0 Å². The molecule has 172 valence electrons. The largest absolute Gasteiger partial charge is 0.465 e. The summed E-state index contributed by atoms with van der Waals surface area (Å²) in [6.45, 7) is 9.31. The fraction of sp³-hybridized carbons (Fsp3) is 0.962. The van der Waals surface area contributed by atoms with Crippen LogP contribution >= 0.6 is 0 Å². The van der Waals surface area contributed by atoms with Crippen molar-refractivity contribution in [2.45, 2.75) is 97.7 Å². The number of carbonyl (C=O) groups excluding carboxylic acids is 1. The van der Waals surface area contributed by atoms with E-state index in [2.05, 4.69) is 20.8 Å². The summed E-state index contributed by atoms with van der Waals surface area (Å²) in [7, 11) is 0. The number of cyclic esters (lactones) is 1. The van der Waals surface area contributed by atoms with Crippen molar-refractivity contribution in [1.29, 1.82) is 0 Å². The molecule has 1 saturated heterocycles. The lowest BCUT2D eigenvalue weighted by Gasteiger charge is -2.51. The molecule has 9 unspecified atom stereocenters. The van der Waals surface area contributed by atoms with E-state index in [4.69, 9.17) is 4.74 Å². The molecule has 4 aliphatic rings. The van der Waals surface area contributed by atoms with Gasteiger partial charge in [-0.3, -0.25) is 4.79 Å². The second-order valence-corrected chi connectivity index (χ2v) is 11.8. The van der Waals surface area contributed by atoms with Gasteiger partial charge in [0, 0.05) is 0 Å². The first-order chi connectivity index (χ1) is 14.2. The maximum absolute atomic E-state index is 12.7. The quantitative estimate of drug-likeness (QED) is 0.626. The van der Waals surface area contributed by atoms with Crippen LogP contribution in [0.1, 0.15) is 85.5 Å². The van der Waals surface area contributed by atoms with Crippen LogP contribution in [0.15, 0.2) is 0 Å². The Morgan fingerprint density at radius 3 is 2.47 bits per heavy atom. The standard InChI is InChI=1S/C26H44O4/c1-15(2)16(3)24(28)23(27)13-17-9-10-22-21-14-30-25(29)20-8-6-5-7-18(20)19(21)11-12-26(17,22)4/h15-24,27-28H,5-14H2,1-4H3/t16?,17?,18-,19?,20?,21?,22?,23?,24?,26?/m0/s1. The Labute approximate surface area is 183 Å². The molecular weight excluding hydrogens is 376 g/mol. The Kier molecular flexibility index (Phi) is 6.57. The van der Waals surface area contributed by atoms with Crippen LogP contribution in [-0.4, -0.2) is 35.0 Å². The summed E-state index contributed by atoms with van der Waals surface area (Å²) in [5.41, 5.74) is 0.198. The van der Waals surface area contributed by atoms with Crippen LogP contribution in [-0.2, 0) is 9.53 Å². The predicted octanol–water partition coefficient (Wildman–Crippen LogP) is 4.81. The molecule has 4 heteroatoms. The fourth-order valence-corrected chi connectivity index (χ4v) is 8.01. The van der Waals surface area contributed by atoms with Gasteiger partial charge < -0.3 is 14.9 Å². The van der Waals surface area contributed by atoms with Crippen LogP contribution in [0.25, 0.3) is 0 Å². The van der Waals surface area contributed by atoms with E-state index in [1.165, 1.54) is 38.5 Å². The normalized spacial score (nSPS) is 44.3. The van der Waals surface area contributed by atoms with E-state index < -0.39 is 12.2 Å². The van der Waals surface area contributed by atoms with Gasteiger partial charge in [-0.15, -0.1) is 0 Å². The first-order valence-corrected chi connectivity index (χ1v) is 12.8. The van der Waals surface area contributed by atoms with Crippen molar-refractivity contribution in [3.05, 3.63) is 0 Å². The number of carbonyl (C=O) groups is 1. The Hall–Kier alpha value is -0.610. The fourth-order valence-electron chi connectivity index (χ4n) is 8.01. The van der Waals surface area contributed by atoms with E-state index in [-0.39, 0.29) is 23.2 Å². The van der Waals surface area contributed by atoms with Gasteiger partial charge in [0.15, 0.2) is 0 Å². The molecule has 0 aromatic rings. The predicted molar refractivity (Wildman–Crippen MR) is 118 cm³/mol. The second-order valence-electron chi connectivity index (χ2n) is 11.8. The van der Waals surface area contributed by atoms with E-state index in [0.29, 0.717) is 48.5 Å². The minimum atomic E-state index is -0.647. The maximum atomic E-state index is 12.7. The van der Waals surface area contributed by atoms with Gasteiger partial charge in [-0.25, -0.2) is 0 Å². The van der Waals surface area contributed by atoms with Gasteiger partial charge in [0.05, 0.1) is 24.7 Å². The summed E-state index contributed by atoms with van der Waals surface area (Å²) >= 11 is 0. The van der Waals surface area contributed by atoms with E-state index in [9.17, 15) is 15.0 Å². The highest BCUT2D eigenvalue weighted by molar-refractivity contribution is 5.73. The second kappa shape index (κ2) is 8.73. The van der Waals surface area contributed by atoms with Gasteiger partial charge in [0.2, 0.25) is 0 Å². The van der Waals surface area contributed by atoms with Crippen LogP contribution in [0.4, 0.5) is 0 Å². The summed E-state index contributed by atoms with van der Waals surface area (Å²) in [4.78, 5) is 12.7. The molecule has 1 aliphatic heterocycles. The molecule has 0 spiro atoms. The van der Waals surface area contributed by atoms with Crippen LogP contribution in [0, 0.1) is 52.8 Å². The number of aliphatic hydroxyl groups is 2. The SMILES string of the molecule is CC(C)C(C)C(O)C(O)CC1CCC2C3COC(=O)C4CCCC[C@H]4C3CCC12C. The van der Waals surface area contributed by atoms with Crippen LogP contribution in [0.2, 0.25) is 0 Å². The number of hydrogen-bond acceptors (Lipinski definition) is 4. The first kappa shape index (κ1) is 22.6. The minimum Gasteiger partial charge on any atom is -0.465 e. The highest BCUT2D eigenvalue weighted by Crippen LogP contribution is 2.62. The molecule has 0 amide bonds. The smallest absolute Gasteiger partial charge is 0.309 e. The highest BCUT2D eigenvalue weighted by Gasteiger charge is 2.57. The number of aliphatic hydroxyl groups excluding tert-OH is 2. The summed E-state index contributed by atoms with van der Waals surface area (Å²) in [6.07, 6.45) is 8.78. The Bertz CT molecular complexity index is 618. The topological polar surface area (TPSA) is 66.8 Å². The van der Waals surface area contributed by atoms with Crippen molar-refractivity contribution in [3.63, 3.8) is 0 Å². The van der Waals surface area contributed by atoms with Crippen molar-refractivity contribution in [1.82, 2.24) is 0 Å². The summed E-state index contributed by atoms with van der Waals surface area (Å²) in [6, 6.07) is 0. The third-order valence-corrected chi connectivity index (χ3v) is 10.3. The minimum absolute atomic E-state index is 0.0755. The average molecular weight is 421 g/mol. The third kappa shape index (κ3) is 3.85. The molecule has 0 bridgehead atoms. The van der Waals surface area contributed by atoms with Gasteiger partial charge >= 0.3 is 5.97 Å². The van der Waals surface area contributed by atoms with Crippen molar-refractivity contribution in [2.75, 3.05) is 6.61 Å². The monoisotopic (exact) mass is 420 g/mol. The van der Waals surface area contributed by atoms with Gasteiger partial charge in [-0.05, 0) is 91.8 Å². The zero-order valence-electron chi connectivity index (χ0n) is 19.6. The van der Waals surface area contributed by atoms with Gasteiger partial charge in [-0.1, -0.05) is 40.5 Å². The van der Waals surface area contributed by atoms with E-state index in [1.54, 1.807) is 0 Å². The highest BCUT2D eigenvalue weighted by atomic mass is 16.5. The Morgan fingerprint density at radius 2 is 1.73 bits per heavy atom. The molecule has 0 radical (unpaired) electrons. The zero-order valence-corrected chi connectivity index (χ0v) is 19.6. The summed E-state index contributed by atoms with van der Waals surface area (Å²) < 4.78 is 5.88. The molecule has 0 aromatic heterocycles. The van der Waals surface area contributed by atoms with E-state index in [1.807, 2.05) is 6.92 Å². The summed E-state index contributed by atoms with van der Waals surface area (Å²) in [5, 5.41) is 21.5. The average Bonchev–Trinajstić information content (AvgIpc) is 2.98. The molecule has 10 atom stereocenters. The molecule has 3 saturated carbocycles. The number of fused-ring (bicyclic) bond motifs is 5. The van der Waals surface area contributed by atoms with E-state index in [0.717, 1.165) is 12.8 Å². The van der Waals surface area contributed by atoms with Crippen molar-refractivity contribution in [3.8, 4) is 0 Å². The first-order valence-electron chi connectivity index (χ1n) is 12.8. The molecule has 30 heavy (non-hydrogen) atoms. The Morgan fingerprint density at radius 1 is 1.00 bits per heavy atom. The lowest BCUT2D eigenvalue weighted by atomic mass is 9.53. The number of ether oxygens (including phenoxy) is 1. The van der Waals surface area contributed by atoms with Crippen LogP contribution in [0.3, 0.4) is 0 Å². The van der Waals surface area contributed by atoms with Gasteiger partial charge in [-0.2, -0.15) is 0 Å². The molecule has 4 fully saturated rings. The maximum Gasteiger partial charge on any atom is 0.309 e. The molecule has 1 heterocycles. The molecule has 4 rings (SSSR count). The number of hydrogen-bond donors (Lipinski definition) is 2. The number of esters is 1. The van der Waals surface area contributed by atoms with Crippen molar-refractivity contribution in [2.24, 2.45) is 52.8 Å². The van der Waals surface area contributed by atoms with Crippen molar-refractivity contribution >= 4 is 5.97 Å². The molecular formula is C26H44O4. The van der Waals surface area contributed by atoms with Gasteiger partial charge in [0.25, 0.3) is 0 Å². The molecule has 3 aliphatic carbocycles. The zero-order chi connectivity index (χ0) is 21.6. The van der Waals surface area contributed by atoms with Crippen molar-refractivity contribution < 1.29 is 19.7 Å². The van der Waals surface area contributed by atoms with Crippen LogP contribution in [0.5, 0.6) is 0 Å². The van der Waals surface area contributed by atoms with Crippen LogP contribution < -0.4 is 0 Å². The Balaban J connectivity index is 1.48. The summed E-state index contributed by atoms with van der Waals surface area (Å²) in [5.74, 6) is 3.37. The third-order valence-electron chi connectivity index (χ3n) is 10.3.